The van der Waals surface area contributed by atoms with Gasteiger partial charge in [0.2, 0.25) is 0 Å². The molecule has 0 spiro atoms. The molecule has 1 heterocycles. The van der Waals surface area contributed by atoms with Crippen molar-refractivity contribution in [2.24, 2.45) is 0 Å². The monoisotopic (exact) mass is 224 g/mol. The SMILES string of the molecule is O=P(O)(O)OCCCCCCC1CO1. The summed E-state index contributed by atoms with van der Waals surface area (Å²) in [6.45, 7) is 1.05. The Morgan fingerprint density at radius 2 is 1.93 bits per heavy atom. The van der Waals surface area contributed by atoms with Crippen molar-refractivity contribution < 1.29 is 23.6 Å². The summed E-state index contributed by atoms with van der Waals surface area (Å²) < 4.78 is 19.6. The Morgan fingerprint density at radius 1 is 1.29 bits per heavy atom. The highest BCUT2D eigenvalue weighted by Crippen LogP contribution is 2.35. The summed E-state index contributed by atoms with van der Waals surface area (Å²) in [7, 11) is -4.25. The van der Waals surface area contributed by atoms with E-state index in [1.807, 2.05) is 0 Å². The third-order valence-electron chi connectivity index (χ3n) is 2.08. The van der Waals surface area contributed by atoms with Gasteiger partial charge in [0.15, 0.2) is 0 Å². The molecule has 0 aromatic rings. The highest BCUT2D eigenvalue weighted by molar-refractivity contribution is 7.46. The molecule has 2 N–H and O–H groups in total. The summed E-state index contributed by atoms with van der Waals surface area (Å²) in [5, 5.41) is 0. The maximum Gasteiger partial charge on any atom is 0.469 e. The largest absolute Gasteiger partial charge is 0.469 e. The first-order valence-corrected chi connectivity index (χ1v) is 6.42. The van der Waals surface area contributed by atoms with E-state index in [1.165, 1.54) is 0 Å². The van der Waals surface area contributed by atoms with Gasteiger partial charge in [0.05, 0.1) is 19.3 Å². The van der Waals surface area contributed by atoms with Crippen LogP contribution in [-0.4, -0.2) is 29.1 Å². The van der Waals surface area contributed by atoms with Crippen molar-refractivity contribution in [3.8, 4) is 0 Å². The van der Waals surface area contributed by atoms with Gasteiger partial charge in [-0.15, -0.1) is 0 Å². The van der Waals surface area contributed by atoms with E-state index < -0.39 is 7.82 Å². The van der Waals surface area contributed by atoms with E-state index in [0.29, 0.717) is 12.5 Å². The molecule has 6 heteroatoms. The van der Waals surface area contributed by atoms with Crippen LogP contribution in [0.4, 0.5) is 0 Å². The van der Waals surface area contributed by atoms with Gasteiger partial charge in [0.1, 0.15) is 0 Å². The molecule has 0 aliphatic carbocycles. The number of ether oxygens (including phenoxy) is 1. The maximum absolute atomic E-state index is 10.3. The second-order valence-electron chi connectivity index (χ2n) is 3.48. The number of hydrogen-bond acceptors (Lipinski definition) is 3. The van der Waals surface area contributed by atoms with Crippen molar-refractivity contribution in [3.63, 3.8) is 0 Å². The first-order valence-electron chi connectivity index (χ1n) is 4.89. The number of rotatable bonds is 8. The fraction of sp³-hybridized carbons (Fsp3) is 1.00. The van der Waals surface area contributed by atoms with Gasteiger partial charge in [-0.05, 0) is 12.8 Å². The van der Waals surface area contributed by atoms with Gasteiger partial charge in [-0.25, -0.2) is 4.57 Å². The van der Waals surface area contributed by atoms with Crippen molar-refractivity contribution in [2.75, 3.05) is 13.2 Å². The van der Waals surface area contributed by atoms with Crippen molar-refractivity contribution in [1.82, 2.24) is 0 Å². The molecule has 1 fully saturated rings. The van der Waals surface area contributed by atoms with E-state index in [9.17, 15) is 4.57 Å². The molecule has 0 aromatic heterocycles. The summed E-state index contributed by atoms with van der Waals surface area (Å²) >= 11 is 0. The second kappa shape index (κ2) is 5.83. The van der Waals surface area contributed by atoms with Crippen LogP contribution in [0.1, 0.15) is 32.1 Å². The van der Waals surface area contributed by atoms with E-state index in [0.717, 1.165) is 32.3 Å². The molecule has 1 aliphatic heterocycles. The van der Waals surface area contributed by atoms with Crippen LogP contribution < -0.4 is 0 Å². The maximum atomic E-state index is 10.3. The van der Waals surface area contributed by atoms with Crippen molar-refractivity contribution in [1.29, 1.82) is 0 Å². The van der Waals surface area contributed by atoms with E-state index in [2.05, 4.69) is 4.52 Å². The van der Waals surface area contributed by atoms with E-state index in [1.54, 1.807) is 0 Å². The summed E-state index contributed by atoms with van der Waals surface area (Å²) in [5.41, 5.74) is 0. The summed E-state index contributed by atoms with van der Waals surface area (Å²) in [6, 6.07) is 0. The molecule has 0 aromatic carbocycles. The Hall–Kier alpha value is 0.0700. The van der Waals surface area contributed by atoms with Crippen LogP contribution in [-0.2, 0) is 13.8 Å². The van der Waals surface area contributed by atoms with Gasteiger partial charge >= 0.3 is 7.82 Å². The number of unbranched alkanes of at least 4 members (excludes halogenated alkanes) is 3. The molecule has 14 heavy (non-hydrogen) atoms. The molecule has 1 saturated heterocycles. The van der Waals surface area contributed by atoms with Crippen molar-refractivity contribution >= 4 is 7.82 Å². The van der Waals surface area contributed by atoms with Crippen LogP contribution in [0.5, 0.6) is 0 Å². The Kier molecular flexibility index (Phi) is 5.06. The molecular weight excluding hydrogens is 207 g/mol. The molecule has 0 saturated carbocycles. The fourth-order valence-electron chi connectivity index (χ4n) is 1.25. The molecule has 1 unspecified atom stereocenters. The smallest absolute Gasteiger partial charge is 0.373 e. The first-order chi connectivity index (χ1) is 6.58. The third-order valence-corrected chi connectivity index (χ3v) is 2.60. The molecule has 0 amide bonds. The average Bonchev–Trinajstić information content (AvgIpc) is 2.84. The van der Waals surface area contributed by atoms with Crippen molar-refractivity contribution in [2.45, 2.75) is 38.2 Å². The van der Waals surface area contributed by atoms with Gasteiger partial charge in [-0.2, -0.15) is 0 Å². The number of epoxide rings is 1. The molecule has 0 radical (unpaired) electrons. The zero-order chi connectivity index (χ0) is 10.4. The van der Waals surface area contributed by atoms with Crippen LogP contribution >= 0.6 is 7.82 Å². The molecule has 1 rings (SSSR count). The van der Waals surface area contributed by atoms with E-state index >= 15 is 0 Å². The Morgan fingerprint density at radius 3 is 2.50 bits per heavy atom. The summed E-state index contributed by atoms with van der Waals surface area (Å²) in [4.78, 5) is 16.7. The van der Waals surface area contributed by atoms with Crippen LogP contribution in [0.2, 0.25) is 0 Å². The summed E-state index contributed by atoms with van der Waals surface area (Å²) in [6.07, 6.45) is 5.45. The minimum absolute atomic E-state index is 0.143. The zero-order valence-corrected chi connectivity index (χ0v) is 8.99. The normalized spacial score (nSPS) is 21.1. The Balaban J connectivity index is 1.77. The van der Waals surface area contributed by atoms with Crippen LogP contribution in [0.15, 0.2) is 0 Å². The highest BCUT2D eigenvalue weighted by atomic mass is 31.2. The predicted molar refractivity (Wildman–Crippen MR) is 50.8 cm³/mol. The fourth-order valence-corrected chi connectivity index (χ4v) is 1.61. The zero-order valence-electron chi connectivity index (χ0n) is 8.09. The lowest BCUT2D eigenvalue weighted by Crippen LogP contribution is -1.92. The topological polar surface area (TPSA) is 79.3 Å². The molecule has 5 nitrogen and oxygen atoms in total. The highest BCUT2D eigenvalue weighted by Gasteiger charge is 2.20. The minimum atomic E-state index is -4.25. The molecule has 0 bridgehead atoms. The van der Waals surface area contributed by atoms with Gasteiger partial charge < -0.3 is 14.5 Å². The van der Waals surface area contributed by atoms with E-state index in [4.69, 9.17) is 14.5 Å². The van der Waals surface area contributed by atoms with Gasteiger partial charge in [-0.1, -0.05) is 19.3 Å². The van der Waals surface area contributed by atoms with Crippen LogP contribution in [0, 0.1) is 0 Å². The lowest BCUT2D eigenvalue weighted by molar-refractivity contribution is 0.193. The second-order valence-corrected chi connectivity index (χ2v) is 4.72. The quantitative estimate of drug-likeness (QED) is 0.370. The van der Waals surface area contributed by atoms with Gasteiger partial charge in [0.25, 0.3) is 0 Å². The van der Waals surface area contributed by atoms with Crippen molar-refractivity contribution in [3.05, 3.63) is 0 Å². The van der Waals surface area contributed by atoms with Crippen LogP contribution in [0.3, 0.4) is 0 Å². The number of phosphoric acid groups is 1. The molecule has 1 aliphatic rings. The van der Waals surface area contributed by atoms with Gasteiger partial charge in [0, 0.05) is 0 Å². The minimum Gasteiger partial charge on any atom is -0.373 e. The molecule has 84 valence electrons. The Labute approximate surface area is 83.7 Å². The lowest BCUT2D eigenvalue weighted by atomic mass is 10.1. The Bertz CT molecular complexity index is 198. The average molecular weight is 224 g/mol. The summed E-state index contributed by atoms with van der Waals surface area (Å²) in [5.74, 6) is 0. The standard InChI is InChI=1S/C8H17O5P/c9-14(10,11)13-6-4-2-1-3-5-8-7-12-8/h8H,1-7H2,(H2,9,10,11). The van der Waals surface area contributed by atoms with Crippen LogP contribution in [0.25, 0.3) is 0 Å². The number of hydrogen-bond donors (Lipinski definition) is 2. The lowest BCUT2D eigenvalue weighted by Gasteiger charge is -2.04. The number of phosphoric ester groups is 1. The molecule has 1 atom stereocenters. The first kappa shape index (κ1) is 12.1. The predicted octanol–water partition coefficient (Wildman–Crippen LogP) is 1.45. The van der Waals surface area contributed by atoms with Gasteiger partial charge in [-0.3, -0.25) is 4.52 Å². The third kappa shape index (κ3) is 7.47. The molecular formula is C8H17O5P. The van der Waals surface area contributed by atoms with E-state index in [-0.39, 0.29) is 6.61 Å².